The van der Waals surface area contributed by atoms with Crippen LogP contribution >= 0.6 is 11.5 Å². The topological polar surface area (TPSA) is 50.7 Å². The Morgan fingerprint density at radius 3 is 3.14 bits per heavy atom. The normalized spacial score (nSPS) is 10.0. The van der Waals surface area contributed by atoms with Crippen molar-refractivity contribution in [3.63, 3.8) is 0 Å². The average molecular weight is 206 g/mol. The predicted octanol–water partition coefficient (Wildman–Crippen LogP) is 1.59. The first-order valence-electron chi connectivity index (χ1n) is 4.34. The minimum absolute atomic E-state index is 0.862. The molecule has 4 nitrogen and oxygen atoms in total. The highest BCUT2D eigenvalue weighted by molar-refractivity contribution is 7.09. The summed E-state index contributed by atoms with van der Waals surface area (Å²) in [5.74, 6) is 0. The van der Waals surface area contributed by atoms with Crippen molar-refractivity contribution in [2.75, 3.05) is 11.9 Å². The first kappa shape index (κ1) is 9.08. The number of anilines is 1. The molecule has 0 aliphatic rings. The zero-order chi connectivity index (χ0) is 9.64. The van der Waals surface area contributed by atoms with E-state index in [1.807, 2.05) is 12.3 Å². The Morgan fingerprint density at radius 1 is 1.43 bits per heavy atom. The van der Waals surface area contributed by atoms with Crippen LogP contribution in [0.15, 0.2) is 30.9 Å². The van der Waals surface area contributed by atoms with Gasteiger partial charge in [-0.25, -0.2) is 4.98 Å². The highest BCUT2D eigenvalue weighted by Crippen LogP contribution is 2.06. The second kappa shape index (κ2) is 4.66. The van der Waals surface area contributed by atoms with E-state index in [0.29, 0.717) is 0 Å². The smallest absolute Gasteiger partial charge is 0.202 e. The summed E-state index contributed by atoms with van der Waals surface area (Å²) in [4.78, 5) is 8.08. The fourth-order valence-electron chi connectivity index (χ4n) is 1.11. The lowest BCUT2D eigenvalue weighted by Gasteiger charge is -2.01. The predicted molar refractivity (Wildman–Crippen MR) is 56.3 cm³/mol. The Balaban J connectivity index is 1.79. The number of nitrogens with one attached hydrogen (secondary N) is 1. The maximum atomic E-state index is 4.05. The van der Waals surface area contributed by atoms with E-state index in [-0.39, 0.29) is 0 Å². The second-order valence-corrected chi connectivity index (χ2v) is 3.56. The van der Waals surface area contributed by atoms with Gasteiger partial charge in [0.2, 0.25) is 5.13 Å². The van der Waals surface area contributed by atoms with E-state index in [4.69, 9.17) is 0 Å². The first-order chi connectivity index (χ1) is 6.95. The summed E-state index contributed by atoms with van der Waals surface area (Å²) < 4.78 is 3.90. The summed E-state index contributed by atoms with van der Waals surface area (Å²) in [6.45, 7) is 0.862. The van der Waals surface area contributed by atoms with Crippen molar-refractivity contribution in [2.45, 2.75) is 6.42 Å². The number of rotatable bonds is 4. The number of nitrogens with zero attached hydrogens (tertiary/aromatic N) is 3. The molecular formula is C9H10N4S. The van der Waals surface area contributed by atoms with E-state index in [9.17, 15) is 0 Å². The van der Waals surface area contributed by atoms with Crippen molar-refractivity contribution in [1.29, 1.82) is 0 Å². The Bertz CT molecular complexity index is 360. The third-order valence-corrected chi connectivity index (χ3v) is 2.40. The van der Waals surface area contributed by atoms with Crippen LogP contribution in [0.3, 0.4) is 0 Å². The minimum atomic E-state index is 0.862. The van der Waals surface area contributed by atoms with Gasteiger partial charge < -0.3 is 5.32 Å². The van der Waals surface area contributed by atoms with Gasteiger partial charge in [0.1, 0.15) is 6.33 Å². The molecule has 14 heavy (non-hydrogen) atoms. The fourth-order valence-corrected chi connectivity index (χ4v) is 1.57. The molecule has 0 atom stereocenters. The van der Waals surface area contributed by atoms with Gasteiger partial charge >= 0.3 is 0 Å². The van der Waals surface area contributed by atoms with E-state index in [0.717, 1.165) is 18.1 Å². The standard InChI is InChI=1S/C9H10N4S/c1-2-8(6-10-4-1)3-5-11-9-12-7-13-14-9/h1-2,4,6-7H,3,5H2,(H,11,12,13). The quantitative estimate of drug-likeness (QED) is 0.825. The van der Waals surface area contributed by atoms with Crippen molar-refractivity contribution >= 4 is 16.7 Å². The molecule has 2 aromatic rings. The summed E-state index contributed by atoms with van der Waals surface area (Å²) in [5.41, 5.74) is 1.23. The molecule has 0 amide bonds. The highest BCUT2D eigenvalue weighted by Gasteiger charge is 1.95. The Morgan fingerprint density at radius 2 is 2.43 bits per heavy atom. The van der Waals surface area contributed by atoms with Crippen molar-refractivity contribution in [1.82, 2.24) is 14.3 Å². The molecular weight excluding hydrogens is 196 g/mol. The second-order valence-electron chi connectivity index (χ2n) is 2.78. The summed E-state index contributed by atoms with van der Waals surface area (Å²) in [6, 6.07) is 4.01. The Kier molecular flexibility index (Phi) is 3.03. The highest BCUT2D eigenvalue weighted by atomic mass is 32.1. The molecule has 5 heteroatoms. The Labute approximate surface area is 86.2 Å². The van der Waals surface area contributed by atoms with Crippen LogP contribution in [0.2, 0.25) is 0 Å². The monoisotopic (exact) mass is 206 g/mol. The van der Waals surface area contributed by atoms with Gasteiger partial charge in [0.25, 0.3) is 0 Å². The van der Waals surface area contributed by atoms with Crippen molar-refractivity contribution in [3.8, 4) is 0 Å². The molecule has 2 aromatic heterocycles. The third kappa shape index (κ3) is 2.50. The summed E-state index contributed by atoms with van der Waals surface area (Å²) in [5, 5.41) is 4.06. The number of hydrogen-bond donors (Lipinski definition) is 1. The van der Waals surface area contributed by atoms with Gasteiger partial charge in [-0.2, -0.15) is 4.37 Å². The van der Waals surface area contributed by atoms with Crippen LogP contribution in [0.25, 0.3) is 0 Å². The summed E-state index contributed by atoms with van der Waals surface area (Å²) in [7, 11) is 0. The number of hydrogen-bond acceptors (Lipinski definition) is 5. The zero-order valence-electron chi connectivity index (χ0n) is 7.55. The Hall–Kier alpha value is -1.49. The van der Waals surface area contributed by atoms with Crippen molar-refractivity contribution in [3.05, 3.63) is 36.4 Å². The van der Waals surface area contributed by atoms with Gasteiger partial charge in [-0.15, -0.1) is 0 Å². The average Bonchev–Trinajstić information content (AvgIpc) is 2.72. The number of pyridine rings is 1. The molecule has 0 radical (unpaired) electrons. The van der Waals surface area contributed by atoms with E-state index in [2.05, 4.69) is 25.7 Å². The first-order valence-corrected chi connectivity index (χ1v) is 5.12. The molecule has 1 N–H and O–H groups in total. The molecule has 0 saturated carbocycles. The lowest BCUT2D eigenvalue weighted by molar-refractivity contribution is 1.00. The molecule has 0 spiro atoms. The minimum Gasteiger partial charge on any atom is -0.360 e. The largest absolute Gasteiger partial charge is 0.360 e. The van der Waals surface area contributed by atoms with Crippen LogP contribution in [0.1, 0.15) is 5.56 Å². The molecule has 72 valence electrons. The zero-order valence-corrected chi connectivity index (χ0v) is 8.37. The van der Waals surface area contributed by atoms with Gasteiger partial charge in [0.15, 0.2) is 0 Å². The van der Waals surface area contributed by atoms with Gasteiger partial charge in [-0.3, -0.25) is 4.98 Å². The van der Waals surface area contributed by atoms with Crippen LogP contribution in [-0.2, 0) is 6.42 Å². The summed E-state index contributed by atoms with van der Waals surface area (Å²) in [6.07, 6.45) is 6.16. The van der Waals surface area contributed by atoms with Gasteiger partial charge in [0, 0.05) is 30.5 Å². The van der Waals surface area contributed by atoms with Gasteiger partial charge in [0.05, 0.1) is 0 Å². The lowest BCUT2D eigenvalue weighted by atomic mass is 10.2. The van der Waals surface area contributed by atoms with E-state index in [1.54, 1.807) is 12.5 Å². The fraction of sp³-hybridized carbons (Fsp3) is 0.222. The molecule has 0 aromatic carbocycles. The van der Waals surface area contributed by atoms with E-state index in [1.165, 1.54) is 17.1 Å². The van der Waals surface area contributed by atoms with Crippen LogP contribution < -0.4 is 5.32 Å². The lowest BCUT2D eigenvalue weighted by Crippen LogP contribution is -2.04. The number of aromatic nitrogens is 3. The van der Waals surface area contributed by atoms with Gasteiger partial charge in [-0.1, -0.05) is 6.07 Å². The maximum absolute atomic E-state index is 4.05. The van der Waals surface area contributed by atoms with Crippen molar-refractivity contribution in [2.24, 2.45) is 0 Å². The van der Waals surface area contributed by atoms with Crippen LogP contribution in [0.4, 0.5) is 5.13 Å². The maximum Gasteiger partial charge on any atom is 0.202 e. The molecule has 0 fully saturated rings. The molecule has 0 aliphatic heterocycles. The SMILES string of the molecule is c1cncc(CCNc2ncns2)c1. The molecule has 2 heterocycles. The molecule has 0 aliphatic carbocycles. The van der Waals surface area contributed by atoms with Crippen LogP contribution in [-0.4, -0.2) is 20.9 Å². The third-order valence-electron chi connectivity index (χ3n) is 1.77. The molecule has 0 bridgehead atoms. The van der Waals surface area contributed by atoms with E-state index >= 15 is 0 Å². The van der Waals surface area contributed by atoms with Crippen LogP contribution in [0, 0.1) is 0 Å². The van der Waals surface area contributed by atoms with E-state index < -0.39 is 0 Å². The summed E-state index contributed by atoms with van der Waals surface area (Å²) >= 11 is 1.37. The van der Waals surface area contributed by atoms with Crippen LogP contribution in [0.5, 0.6) is 0 Å². The van der Waals surface area contributed by atoms with Crippen molar-refractivity contribution < 1.29 is 0 Å². The van der Waals surface area contributed by atoms with Gasteiger partial charge in [-0.05, 0) is 18.1 Å². The molecule has 2 rings (SSSR count). The molecule has 0 saturated heterocycles. The molecule has 0 unspecified atom stereocenters.